The monoisotopic (exact) mass is 275 g/mol. The zero-order chi connectivity index (χ0) is 14.4. The number of anilines is 1. The molecule has 0 saturated heterocycles. The normalized spacial score (nSPS) is 10.2. The van der Waals surface area contributed by atoms with Crippen molar-refractivity contribution in [2.24, 2.45) is 0 Å². The third-order valence-corrected chi connectivity index (χ3v) is 2.64. The number of aryl methyl sites for hydroxylation is 1. The first-order valence-corrected chi connectivity index (χ1v) is 6.31. The highest BCUT2D eigenvalue weighted by Crippen LogP contribution is 2.19. The van der Waals surface area contributed by atoms with Gasteiger partial charge in [-0.25, -0.2) is 0 Å². The topological polar surface area (TPSA) is 90.4 Å². The molecule has 2 rings (SSSR count). The smallest absolute Gasteiger partial charge is 0.223 e. The summed E-state index contributed by atoms with van der Waals surface area (Å²) in [6, 6.07) is 8.96. The van der Waals surface area contributed by atoms with Crippen LogP contribution in [-0.4, -0.2) is 17.7 Å². The molecule has 0 aliphatic heterocycles. The van der Waals surface area contributed by atoms with Crippen LogP contribution in [-0.2, 0) is 11.3 Å². The summed E-state index contributed by atoms with van der Waals surface area (Å²) in [7, 11) is 0. The SMILES string of the molecule is Cc1cc(CNC(=O)CCOc2ccccc2N)on1. The lowest BCUT2D eigenvalue weighted by atomic mass is 10.3. The van der Waals surface area contributed by atoms with Gasteiger partial charge in [0, 0.05) is 6.07 Å². The fourth-order valence-electron chi connectivity index (χ4n) is 1.64. The second-order valence-electron chi connectivity index (χ2n) is 4.35. The highest BCUT2D eigenvalue weighted by Gasteiger charge is 2.06. The van der Waals surface area contributed by atoms with Gasteiger partial charge in [-0.15, -0.1) is 0 Å². The van der Waals surface area contributed by atoms with Crippen LogP contribution < -0.4 is 15.8 Å². The number of amides is 1. The van der Waals surface area contributed by atoms with Gasteiger partial charge in [0.1, 0.15) is 5.75 Å². The lowest BCUT2D eigenvalue weighted by molar-refractivity contribution is -0.121. The Morgan fingerprint density at radius 2 is 2.25 bits per heavy atom. The number of benzene rings is 1. The molecule has 1 aromatic heterocycles. The van der Waals surface area contributed by atoms with E-state index in [1.165, 1.54) is 0 Å². The van der Waals surface area contributed by atoms with Crippen molar-refractivity contribution in [3.8, 4) is 5.75 Å². The quantitative estimate of drug-likeness (QED) is 0.782. The van der Waals surface area contributed by atoms with E-state index in [-0.39, 0.29) is 18.9 Å². The molecule has 0 unspecified atom stereocenters. The van der Waals surface area contributed by atoms with E-state index >= 15 is 0 Å². The first kappa shape index (κ1) is 13.9. The van der Waals surface area contributed by atoms with E-state index < -0.39 is 0 Å². The number of carbonyl (C=O) groups excluding carboxylic acids is 1. The summed E-state index contributed by atoms with van der Waals surface area (Å²) in [4.78, 5) is 11.6. The number of para-hydroxylation sites is 2. The Hall–Kier alpha value is -2.50. The van der Waals surface area contributed by atoms with Gasteiger partial charge in [0.25, 0.3) is 0 Å². The van der Waals surface area contributed by atoms with Gasteiger partial charge in [-0.1, -0.05) is 17.3 Å². The fraction of sp³-hybridized carbons (Fsp3) is 0.286. The van der Waals surface area contributed by atoms with Crippen LogP contribution in [0.1, 0.15) is 17.9 Å². The number of nitrogen functional groups attached to an aromatic ring is 1. The van der Waals surface area contributed by atoms with Crippen molar-refractivity contribution >= 4 is 11.6 Å². The number of hydrogen-bond acceptors (Lipinski definition) is 5. The van der Waals surface area contributed by atoms with Crippen LogP contribution in [0.4, 0.5) is 5.69 Å². The van der Waals surface area contributed by atoms with Crippen molar-refractivity contribution in [2.45, 2.75) is 19.9 Å². The molecule has 0 aliphatic rings. The summed E-state index contributed by atoms with van der Waals surface area (Å²) in [6.07, 6.45) is 0.251. The Morgan fingerprint density at radius 1 is 1.45 bits per heavy atom. The summed E-state index contributed by atoms with van der Waals surface area (Å²) < 4.78 is 10.4. The number of rotatable bonds is 6. The van der Waals surface area contributed by atoms with E-state index in [1.807, 2.05) is 19.1 Å². The van der Waals surface area contributed by atoms with Crippen LogP contribution in [0.3, 0.4) is 0 Å². The Kier molecular flexibility index (Phi) is 4.60. The average molecular weight is 275 g/mol. The van der Waals surface area contributed by atoms with E-state index in [4.69, 9.17) is 15.0 Å². The maximum absolute atomic E-state index is 11.6. The minimum atomic E-state index is -0.117. The summed E-state index contributed by atoms with van der Waals surface area (Å²) in [6.45, 7) is 2.43. The Morgan fingerprint density at radius 3 is 2.95 bits per heavy atom. The van der Waals surface area contributed by atoms with Gasteiger partial charge in [0.15, 0.2) is 5.76 Å². The maximum Gasteiger partial charge on any atom is 0.223 e. The number of nitrogens with two attached hydrogens (primary N) is 1. The van der Waals surface area contributed by atoms with Crippen molar-refractivity contribution in [1.29, 1.82) is 0 Å². The van der Waals surface area contributed by atoms with Crippen LogP contribution in [0.15, 0.2) is 34.9 Å². The van der Waals surface area contributed by atoms with Crippen LogP contribution in [0.2, 0.25) is 0 Å². The molecule has 2 aromatic rings. The molecule has 0 bridgehead atoms. The highest BCUT2D eigenvalue weighted by molar-refractivity contribution is 5.75. The molecule has 3 N–H and O–H groups in total. The molecule has 1 amide bonds. The molecule has 106 valence electrons. The molecule has 0 spiro atoms. The second-order valence-corrected chi connectivity index (χ2v) is 4.35. The van der Waals surface area contributed by atoms with Gasteiger partial charge in [0.05, 0.1) is 31.0 Å². The lowest BCUT2D eigenvalue weighted by Gasteiger charge is -2.08. The van der Waals surface area contributed by atoms with E-state index in [1.54, 1.807) is 18.2 Å². The minimum absolute atomic E-state index is 0.117. The molecule has 20 heavy (non-hydrogen) atoms. The summed E-state index contributed by atoms with van der Waals surface area (Å²) in [5.41, 5.74) is 7.08. The predicted octanol–water partition coefficient (Wildman–Crippen LogP) is 1.65. The van der Waals surface area contributed by atoms with Crippen LogP contribution in [0.25, 0.3) is 0 Å². The van der Waals surface area contributed by atoms with Crippen LogP contribution >= 0.6 is 0 Å². The Labute approximate surface area is 116 Å². The molecule has 0 radical (unpaired) electrons. The summed E-state index contributed by atoms with van der Waals surface area (Å²) >= 11 is 0. The molecule has 1 aromatic carbocycles. The van der Waals surface area contributed by atoms with E-state index in [9.17, 15) is 4.79 Å². The van der Waals surface area contributed by atoms with Crippen molar-refractivity contribution in [3.63, 3.8) is 0 Å². The number of carbonyl (C=O) groups is 1. The summed E-state index contributed by atoms with van der Waals surface area (Å²) in [5.74, 6) is 1.10. The van der Waals surface area contributed by atoms with Gasteiger partial charge in [-0.3, -0.25) is 4.79 Å². The van der Waals surface area contributed by atoms with Crippen molar-refractivity contribution in [1.82, 2.24) is 10.5 Å². The van der Waals surface area contributed by atoms with E-state index in [0.717, 1.165) is 5.69 Å². The van der Waals surface area contributed by atoms with E-state index in [2.05, 4.69) is 10.5 Å². The third-order valence-electron chi connectivity index (χ3n) is 2.64. The van der Waals surface area contributed by atoms with Crippen LogP contribution in [0, 0.1) is 6.92 Å². The number of aromatic nitrogens is 1. The number of nitrogens with zero attached hydrogens (tertiary/aromatic N) is 1. The van der Waals surface area contributed by atoms with Crippen molar-refractivity contribution < 1.29 is 14.1 Å². The van der Waals surface area contributed by atoms with Gasteiger partial charge in [-0.2, -0.15) is 0 Å². The van der Waals surface area contributed by atoms with Gasteiger partial charge >= 0.3 is 0 Å². The number of nitrogens with one attached hydrogen (secondary N) is 1. The lowest BCUT2D eigenvalue weighted by Crippen LogP contribution is -2.24. The Bertz CT molecular complexity index is 581. The molecular formula is C14H17N3O3. The molecular weight excluding hydrogens is 258 g/mol. The molecule has 0 fully saturated rings. The molecule has 6 nitrogen and oxygen atoms in total. The number of hydrogen-bond donors (Lipinski definition) is 2. The standard InChI is InChI=1S/C14H17N3O3/c1-10-8-11(20-17-10)9-16-14(18)6-7-19-13-5-3-2-4-12(13)15/h2-5,8H,6-7,9,15H2,1H3,(H,16,18). The zero-order valence-corrected chi connectivity index (χ0v) is 11.3. The van der Waals surface area contributed by atoms with Gasteiger partial charge < -0.3 is 20.3 Å². The van der Waals surface area contributed by atoms with Crippen LogP contribution in [0.5, 0.6) is 5.75 Å². The zero-order valence-electron chi connectivity index (χ0n) is 11.3. The maximum atomic E-state index is 11.6. The average Bonchev–Trinajstić information content (AvgIpc) is 2.84. The molecule has 6 heteroatoms. The minimum Gasteiger partial charge on any atom is -0.491 e. The Balaban J connectivity index is 1.69. The molecule has 1 heterocycles. The third kappa shape index (κ3) is 4.01. The van der Waals surface area contributed by atoms with Gasteiger partial charge in [-0.05, 0) is 19.1 Å². The largest absolute Gasteiger partial charge is 0.491 e. The first-order chi connectivity index (χ1) is 9.65. The second kappa shape index (κ2) is 6.60. The molecule has 0 atom stereocenters. The summed E-state index contributed by atoms with van der Waals surface area (Å²) in [5, 5.41) is 6.47. The van der Waals surface area contributed by atoms with E-state index in [0.29, 0.717) is 23.7 Å². The van der Waals surface area contributed by atoms with Crippen molar-refractivity contribution in [3.05, 3.63) is 41.8 Å². The first-order valence-electron chi connectivity index (χ1n) is 6.31. The fourth-order valence-corrected chi connectivity index (χ4v) is 1.64. The van der Waals surface area contributed by atoms with Crippen molar-refractivity contribution in [2.75, 3.05) is 12.3 Å². The predicted molar refractivity (Wildman–Crippen MR) is 74.1 cm³/mol. The molecule has 0 saturated carbocycles. The number of ether oxygens (including phenoxy) is 1. The van der Waals surface area contributed by atoms with Gasteiger partial charge in [0.2, 0.25) is 5.91 Å². The highest BCUT2D eigenvalue weighted by atomic mass is 16.5. The molecule has 0 aliphatic carbocycles.